The lowest BCUT2D eigenvalue weighted by molar-refractivity contribution is 0.388. The highest BCUT2D eigenvalue weighted by Gasteiger charge is 2.31. The molecule has 3 aromatic rings. The van der Waals surface area contributed by atoms with Crippen LogP contribution >= 0.6 is 11.6 Å². The van der Waals surface area contributed by atoms with Crippen LogP contribution in [-0.4, -0.2) is 57.5 Å². The molecule has 0 radical (unpaired) electrons. The summed E-state index contributed by atoms with van der Waals surface area (Å²) in [5, 5.41) is 5.08. The Balaban J connectivity index is 1.47. The van der Waals surface area contributed by atoms with E-state index >= 15 is 0 Å². The van der Waals surface area contributed by atoms with Crippen molar-refractivity contribution < 1.29 is 13.2 Å². The van der Waals surface area contributed by atoms with Crippen molar-refractivity contribution in [1.82, 2.24) is 14.6 Å². The molecule has 2 aliphatic heterocycles. The van der Waals surface area contributed by atoms with Gasteiger partial charge in [-0.3, -0.25) is 0 Å². The predicted molar refractivity (Wildman–Crippen MR) is 123 cm³/mol. The van der Waals surface area contributed by atoms with Crippen molar-refractivity contribution in [3.05, 3.63) is 52.7 Å². The number of hydrogen-bond acceptors (Lipinski definition) is 5. The Labute approximate surface area is 187 Å². The molecule has 5 rings (SSSR count). The largest absolute Gasteiger partial charge is 0.495 e. The van der Waals surface area contributed by atoms with Crippen LogP contribution in [0.5, 0.6) is 5.75 Å². The van der Waals surface area contributed by atoms with Gasteiger partial charge in [0.25, 0.3) is 0 Å². The fourth-order valence-electron chi connectivity index (χ4n) is 4.53. The minimum Gasteiger partial charge on any atom is -0.495 e. The number of anilines is 1. The molecule has 2 aliphatic rings. The molecule has 1 saturated heterocycles. The number of benzene rings is 2. The average Bonchev–Trinajstić information content (AvgIpc) is 3.16. The number of hydrogen-bond donors (Lipinski definition) is 2. The molecule has 0 unspecified atom stereocenters. The third-order valence-electron chi connectivity index (χ3n) is 6.15. The maximum atomic E-state index is 13.5. The maximum Gasteiger partial charge on any atom is 0.243 e. The van der Waals surface area contributed by atoms with Crippen LogP contribution in [0.15, 0.2) is 41.3 Å². The number of H-pyrrole nitrogens is 1. The predicted octanol–water partition coefficient (Wildman–Crippen LogP) is 2.99. The number of fused-ring (bicyclic) bond motifs is 3. The van der Waals surface area contributed by atoms with Crippen LogP contribution in [0.3, 0.4) is 0 Å². The van der Waals surface area contributed by atoms with Crippen LogP contribution < -0.4 is 15.0 Å². The van der Waals surface area contributed by atoms with Crippen molar-refractivity contribution >= 4 is 38.2 Å². The Morgan fingerprint density at radius 1 is 1.06 bits per heavy atom. The number of ether oxygens (including phenoxy) is 1. The highest BCUT2D eigenvalue weighted by atomic mass is 35.5. The number of nitrogens with one attached hydrogen (secondary N) is 2. The number of nitrogens with zero attached hydrogens (tertiary/aromatic N) is 2. The summed E-state index contributed by atoms with van der Waals surface area (Å²) in [6.45, 7) is 4.09. The number of halogens is 1. The van der Waals surface area contributed by atoms with Crippen LogP contribution in [0.25, 0.3) is 10.9 Å². The summed E-state index contributed by atoms with van der Waals surface area (Å²) in [7, 11) is -2.03. The molecule has 0 bridgehead atoms. The second kappa shape index (κ2) is 8.02. The van der Waals surface area contributed by atoms with Crippen molar-refractivity contribution in [3.63, 3.8) is 0 Å². The molecule has 9 heteroatoms. The molecule has 3 heterocycles. The number of methoxy groups -OCH3 is 1. The molecule has 1 fully saturated rings. The van der Waals surface area contributed by atoms with Gasteiger partial charge in [-0.05, 0) is 48.4 Å². The molecule has 1 aromatic heterocycles. The fraction of sp³-hybridized carbons (Fsp3) is 0.364. The lowest BCUT2D eigenvalue weighted by atomic mass is 10.0. The number of aromatic amines is 1. The molecule has 0 saturated carbocycles. The van der Waals surface area contributed by atoms with Crippen molar-refractivity contribution in [2.45, 2.75) is 17.9 Å². The Kier molecular flexibility index (Phi) is 5.34. The van der Waals surface area contributed by atoms with E-state index in [-0.39, 0.29) is 0 Å². The quantitative estimate of drug-likeness (QED) is 0.626. The molecule has 0 atom stereocenters. The molecule has 2 aromatic carbocycles. The topological polar surface area (TPSA) is 77.7 Å². The van der Waals surface area contributed by atoms with E-state index in [4.69, 9.17) is 16.3 Å². The first-order valence-corrected chi connectivity index (χ1v) is 12.2. The van der Waals surface area contributed by atoms with Gasteiger partial charge in [0.1, 0.15) is 5.75 Å². The van der Waals surface area contributed by atoms with E-state index in [0.717, 1.165) is 54.0 Å². The van der Waals surface area contributed by atoms with Crippen LogP contribution in [0.2, 0.25) is 5.02 Å². The molecule has 2 N–H and O–H groups in total. The molecule has 7 nitrogen and oxygen atoms in total. The summed E-state index contributed by atoms with van der Waals surface area (Å²) in [5.74, 6) is 0.689. The van der Waals surface area contributed by atoms with Gasteiger partial charge < -0.3 is 19.9 Å². The van der Waals surface area contributed by atoms with Crippen molar-refractivity contribution in [2.75, 3.05) is 44.7 Å². The normalized spacial score (nSPS) is 17.7. The van der Waals surface area contributed by atoms with E-state index < -0.39 is 10.0 Å². The average molecular weight is 461 g/mol. The minimum absolute atomic E-state index is 0.296. The van der Waals surface area contributed by atoms with E-state index in [1.807, 2.05) is 18.2 Å². The zero-order chi connectivity index (χ0) is 21.6. The van der Waals surface area contributed by atoms with Crippen LogP contribution in [0.4, 0.5) is 5.69 Å². The van der Waals surface area contributed by atoms with Gasteiger partial charge in [-0.15, -0.1) is 0 Å². The van der Waals surface area contributed by atoms with Crippen LogP contribution in [0, 0.1) is 0 Å². The summed E-state index contributed by atoms with van der Waals surface area (Å²) in [6.07, 6.45) is 0.649. The molecule has 0 aliphatic carbocycles. The second-order valence-corrected chi connectivity index (χ2v) is 10.3. The second-order valence-electron chi connectivity index (χ2n) is 7.93. The summed E-state index contributed by atoms with van der Waals surface area (Å²) < 4.78 is 34.1. The number of piperazine rings is 1. The smallest absolute Gasteiger partial charge is 0.243 e. The van der Waals surface area contributed by atoms with E-state index in [1.54, 1.807) is 29.6 Å². The van der Waals surface area contributed by atoms with Crippen LogP contribution in [0.1, 0.15) is 11.3 Å². The lowest BCUT2D eigenvalue weighted by Gasteiger charge is -2.31. The van der Waals surface area contributed by atoms with Gasteiger partial charge in [0.15, 0.2) is 0 Å². The summed E-state index contributed by atoms with van der Waals surface area (Å²) in [6, 6.07) is 10.9. The summed E-state index contributed by atoms with van der Waals surface area (Å²) >= 11 is 6.16. The maximum absolute atomic E-state index is 13.5. The van der Waals surface area contributed by atoms with Gasteiger partial charge in [0.2, 0.25) is 10.0 Å². The first-order valence-electron chi connectivity index (χ1n) is 10.4. The third-order valence-corrected chi connectivity index (χ3v) is 8.22. The number of aromatic nitrogens is 1. The van der Waals surface area contributed by atoms with E-state index in [1.165, 1.54) is 0 Å². The highest BCUT2D eigenvalue weighted by molar-refractivity contribution is 7.89. The van der Waals surface area contributed by atoms with Gasteiger partial charge in [0, 0.05) is 54.3 Å². The molecule has 164 valence electrons. The zero-order valence-corrected chi connectivity index (χ0v) is 18.9. The lowest BCUT2D eigenvalue weighted by Crippen LogP contribution is -2.43. The van der Waals surface area contributed by atoms with Gasteiger partial charge >= 0.3 is 0 Å². The SMILES string of the molecule is COc1ccc(S(=O)(=O)N2CCc3c([nH]c4ccc(Cl)cc34)C2)cc1N1CCNCC1. The molecular weight excluding hydrogens is 436 g/mol. The van der Waals surface area contributed by atoms with Crippen molar-refractivity contribution in [3.8, 4) is 5.75 Å². The number of sulfonamides is 1. The van der Waals surface area contributed by atoms with Gasteiger partial charge in [-0.25, -0.2) is 8.42 Å². The van der Waals surface area contributed by atoms with E-state index in [0.29, 0.717) is 35.2 Å². The van der Waals surface area contributed by atoms with Crippen LogP contribution in [-0.2, 0) is 23.0 Å². The standard InChI is InChI=1S/C22H25ClN4O3S/c1-30-22-5-3-16(13-21(22)26-10-7-24-8-11-26)31(28,29)27-9-6-17-18-12-15(23)2-4-19(18)25-20(17)14-27/h2-5,12-13,24-25H,6-11,14H2,1H3. The Hall–Kier alpha value is -2.26. The first-order chi connectivity index (χ1) is 15.0. The Bertz CT molecular complexity index is 1240. The monoisotopic (exact) mass is 460 g/mol. The zero-order valence-electron chi connectivity index (χ0n) is 17.3. The van der Waals surface area contributed by atoms with Gasteiger partial charge in [-0.1, -0.05) is 11.6 Å². The van der Waals surface area contributed by atoms with Gasteiger partial charge in [-0.2, -0.15) is 4.31 Å². The summed E-state index contributed by atoms with van der Waals surface area (Å²) in [4.78, 5) is 5.84. The van der Waals surface area contributed by atoms with E-state index in [9.17, 15) is 8.42 Å². The van der Waals surface area contributed by atoms with Crippen molar-refractivity contribution in [2.24, 2.45) is 0 Å². The van der Waals surface area contributed by atoms with Gasteiger partial charge in [0.05, 0.1) is 24.2 Å². The molecule has 31 heavy (non-hydrogen) atoms. The summed E-state index contributed by atoms with van der Waals surface area (Å²) in [5.41, 5.74) is 3.89. The third kappa shape index (κ3) is 3.67. The molecule has 0 amide bonds. The fourth-order valence-corrected chi connectivity index (χ4v) is 6.13. The Morgan fingerprint density at radius 2 is 1.87 bits per heavy atom. The molecular formula is C22H25ClN4O3S. The van der Waals surface area contributed by atoms with E-state index in [2.05, 4.69) is 15.2 Å². The minimum atomic E-state index is -3.65. The number of rotatable bonds is 4. The Morgan fingerprint density at radius 3 is 2.65 bits per heavy atom. The first kappa shape index (κ1) is 20.6. The van der Waals surface area contributed by atoms with Crippen molar-refractivity contribution in [1.29, 1.82) is 0 Å². The highest BCUT2D eigenvalue weighted by Crippen LogP contribution is 2.35. The molecule has 0 spiro atoms.